The minimum Gasteiger partial charge on any atom is -0.313 e. The quantitative estimate of drug-likeness (QED) is 0.836. The van der Waals surface area contributed by atoms with Crippen molar-refractivity contribution in [2.75, 3.05) is 27.2 Å². The second-order valence-electron chi connectivity index (χ2n) is 5.14. The van der Waals surface area contributed by atoms with Gasteiger partial charge in [-0.25, -0.2) is 0 Å². The lowest BCUT2D eigenvalue weighted by Crippen LogP contribution is -2.60. The lowest BCUT2D eigenvalue weighted by molar-refractivity contribution is 0.229. The third kappa shape index (κ3) is 3.17. The van der Waals surface area contributed by atoms with Crippen LogP contribution in [0, 0.1) is 0 Å². The van der Waals surface area contributed by atoms with Crippen molar-refractivity contribution in [3.05, 3.63) is 0 Å². The van der Waals surface area contributed by atoms with E-state index in [9.17, 15) is 8.42 Å². The molecule has 7 heteroatoms. The van der Waals surface area contributed by atoms with Crippen molar-refractivity contribution in [1.82, 2.24) is 13.9 Å². The molecule has 0 aromatic rings. The van der Waals surface area contributed by atoms with Crippen LogP contribution in [0.2, 0.25) is 0 Å². The van der Waals surface area contributed by atoms with E-state index in [-0.39, 0.29) is 24.5 Å². The molecule has 0 spiro atoms. The van der Waals surface area contributed by atoms with Crippen molar-refractivity contribution in [2.24, 2.45) is 0 Å². The summed E-state index contributed by atoms with van der Waals surface area (Å²) in [6.45, 7) is 1.54. The Morgan fingerprint density at radius 2 is 1.44 bits per heavy atom. The van der Waals surface area contributed by atoms with Gasteiger partial charge in [0.2, 0.25) is 0 Å². The molecule has 1 aliphatic heterocycles. The van der Waals surface area contributed by atoms with Crippen LogP contribution in [0.3, 0.4) is 0 Å². The third-order valence-corrected chi connectivity index (χ3v) is 6.14. The maximum atomic E-state index is 12.4. The molecule has 2 rings (SSSR count). The van der Waals surface area contributed by atoms with Crippen LogP contribution >= 0.6 is 12.4 Å². The zero-order valence-electron chi connectivity index (χ0n) is 11.1. The summed E-state index contributed by atoms with van der Waals surface area (Å²) in [6.07, 6.45) is 5.56. The molecule has 18 heavy (non-hydrogen) atoms. The van der Waals surface area contributed by atoms with E-state index < -0.39 is 10.2 Å². The van der Waals surface area contributed by atoms with E-state index in [1.807, 2.05) is 0 Å². The minimum absolute atomic E-state index is 0. The first-order valence-corrected chi connectivity index (χ1v) is 7.85. The Balaban J connectivity index is 0.00000162. The summed E-state index contributed by atoms with van der Waals surface area (Å²) in [7, 11) is 0.153. The van der Waals surface area contributed by atoms with Crippen LogP contribution in [0.1, 0.15) is 32.1 Å². The second-order valence-corrected chi connectivity index (χ2v) is 7.19. The summed E-state index contributed by atoms with van der Waals surface area (Å²) in [6, 6.07) is 0.329. The zero-order chi connectivity index (χ0) is 12.5. The number of likely N-dealkylation sites (N-methyl/N-ethyl adjacent to an activating group) is 1. The molecule has 0 aromatic carbocycles. The Labute approximate surface area is 116 Å². The van der Waals surface area contributed by atoms with E-state index in [2.05, 4.69) is 5.32 Å². The first-order valence-electron chi connectivity index (χ1n) is 6.45. The fraction of sp³-hybridized carbons (Fsp3) is 1.00. The van der Waals surface area contributed by atoms with Gasteiger partial charge in [0.25, 0.3) is 10.2 Å². The maximum Gasteiger partial charge on any atom is 0.282 e. The summed E-state index contributed by atoms with van der Waals surface area (Å²) in [4.78, 5) is 0. The smallest absolute Gasteiger partial charge is 0.282 e. The number of hydrogen-bond acceptors (Lipinski definition) is 3. The summed E-state index contributed by atoms with van der Waals surface area (Å²) >= 11 is 0. The normalized spacial score (nSPS) is 22.9. The van der Waals surface area contributed by atoms with Crippen LogP contribution in [0.15, 0.2) is 0 Å². The average molecular weight is 298 g/mol. The van der Waals surface area contributed by atoms with E-state index in [4.69, 9.17) is 0 Å². The summed E-state index contributed by atoms with van der Waals surface area (Å²) < 4.78 is 27.9. The van der Waals surface area contributed by atoms with Crippen LogP contribution in [0.25, 0.3) is 0 Å². The van der Waals surface area contributed by atoms with Crippen LogP contribution < -0.4 is 5.32 Å². The van der Waals surface area contributed by atoms with Gasteiger partial charge in [0, 0.05) is 33.2 Å². The van der Waals surface area contributed by atoms with Gasteiger partial charge in [0.05, 0.1) is 6.04 Å². The van der Waals surface area contributed by atoms with E-state index in [1.54, 1.807) is 18.4 Å². The predicted octanol–water partition coefficient (Wildman–Crippen LogP) is 0.821. The third-order valence-electron chi connectivity index (χ3n) is 4.09. The van der Waals surface area contributed by atoms with Gasteiger partial charge in [-0.3, -0.25) is 0 Å². The first kappa shape index (κ1) is 16.2. The molecule has 0 amide bonds. The molecule has 1 aliphatic carbocycles. The summed E-state index contributed by atoms with van der Waals surface area (Å²) in [5, 5.41) is 3.11. The van der Waals surface area contributed by atoms with Crippen molar-refractivity contribution in [3.63, 3.8) is 0 Å². The molecular weight excluding hydrogens is 274 g/mol. The van der Waals surface area contributed by atoms with Gasteiger partial charge in [-0.15, -0.1) is 12.4 Å². The van der Waals surface area contributed by atoms with Crippen molar-refractivity contribution in [3.8, 4) is 0 Å². The Hall–Kier alpha value is 0.120. The SMILES string of the molecule is CN(C1CCCCC1)S(=O)(=O)N(C)C1CNC1.Cl. The van der Waals surface area contributed by atoms with Crippen molar-refractivity contribution in [1.29, 1.82) is 0 Å². The highest BCUT2D eigenvalue weighted by Crippen LogP contribution is 2.25. The van der Waals surface area contributed by atoms with E-state index >= 15 is 0 Å². The fourth-order valence-electron chi connectivity index (χ4n) is 2.56. The molecule has 1 heterocycles. The van der Waals surface area contributed by atoms with Crippen molar-refractivity contribution < 1.29 is 8.42 Å². The van der Waals surface area contributed by atoms with E-state index in [0.717, 1.165) is 38.8 Å². The van der Waals surface area contributed by atoms with Crippen molar-refractivity contribution >= 4 is 22.6 Å². The fourth-order valence-corrected chi connectivity index (χ4v) is 4.07. The first-order chi connectivity index (χ1) is 8.03. The number of hydrogen-bond donors (Lipinski definition) is 1. The van der Waals surface area contributed by atoms with Crippen LogP contribution in [-0.2, 0) is 10.2 Å². The highest BCUT2D eigenvalue weighted by molar-refractivity contribution is 7.86. The molecule has 1 saturated heterocycles. The summed E-state index contributed by atoms with van der Waals surface area (Å²) in [5.74, 6) is 0. The molecule has 1 N–H and O–H groups in total. The molecule has 1 saturated carbocycles. The molecule has 0 radical (unpaired) electrons. The van der Waals surface area contributed by atoms with Gasteiger partial charge < -0.3 is 5.32 Å². The van der Waals surface area contributed by atoms with Gasteiger partial charge in [-0.05, 0) is 12.8 Å². The zero-order valence-corrected chi connectivity index (χ0v) is 12.8. The molecule has 0 aromatic heterocycles. The van der Waals surface area contributed by atoms with E-state index in [1.165, 1.54) is 10.7 Å². The second kappa shape index (κ2) is 6.52. The Morgan fingerprint density at radius 1 is 0.944 bits per heavy atom. The lowest BCUT2D eigenvalue weighted by Gasteiger charge is -2.39. The molecule has 0 unspecified atom stereocenters. The number of rotatable bonds is 4. The standard InChI is InChI=1S/C11H23N3O2S.ClH/c1-13(10-6-4-3-5-7-10)17(15,16)14(2)11-8-12-9-11;/h10-12H,3-9H2,1-2H3;1H. The topological polar surface area (TPSA) is 52.7 Å². The van der Waals surface area contributed by atoms with Crippen LogP contribution in [0.4, 0.5) is 0 Å². The van der Waals surface area contributed by atoms with Crippen molar-refractivity contribution in [2.45, 2.75) is 44.2 Å². The summed E-state index contributed by atoms with van der Waals surface area (Å²) in [5.41, 5.74) is 0. The Kier molecular flexibility index (Phi) is 5.86. The number of nitrogens with zero attached hydrogens (tertiary/aromatic N) is 2. The predicted molar refractivity (Wildman–Crippen MR) is 75.2 cm³/mol. The highest BCUT2D eigenvalue weighted by Gasteiger charge is 2.36. The lowest BCUT2D eigenvalue weighted by atomic mass is 9.96. The van der Waals surface area contributed by atoms with Gasteiger partial charge in [0.1, 0.15) is 0 Å². The maximum absolute atomic E-state index is 12.4. The monoisotopic (exact) mass is 297 g/mol. The van der Waals surface area contributed by atoms with Gasteiger partial charge in [-0.1, -0.05) is 19.3 Å². The van der Waals surface area contributed by atoms with Gasteiger partial charge >= 0.3 is 0 Å². The molecule has 5 nitrogen and oxygen atoms in total. The molecular formula is C11H24ClN3O2S. The average Bonchev–Trinajstić information content (AvgIpc) is 2.27. The molecule has 108 valence electrons. The highest BCUT2D eigenvalue weighted by atomic mass is 35.5. The van der Waals surface area contributed by atoms with Gasteiger partial charge in [-0.2, -0.15) is 17.0 Å². The van der Waals surface area contributed by atoms with Crippen LogP contribution in [0.5, 0.6) is 0 Å². The number of halogens is 1. The minimum atomic E-state index is -3.27. The molecule has 0 atom stereocenters. The van der Waals surface area contributed by atoms with Gasteiger partial charge in [0.15, 0.2) is 0 Å². The number of nitrogens with one attached hydrogen (secondary N) is 1. The Bertz CT molecular complexity index is 353. The van der Waals surface area contributed by atoms with E-state index in [0.29, 0.717) is 0 Å². The molecule has 2 aliphatic rings. The largest absolute Gasteiger partial charge is 0.313 e. The molecule has 2 fully saturated rings. The Morgan fingerprint density at radius 3 is 1.89 bits per heavy atom. The molecule has 0 bridgehead atoms. The van der Waals surface area contributed by atoms with Crippen LogP contribution in [-0.4, -0.2) is 56.3 Å².